The average molecular weight is 278 g/mol. The number of amides is 1. The summed E-state index contributed by atoms with van der Waals surface area (Å²) >= 11 is 0. The van der Waals surface area contributed by atoms with Gasteiger partial charge in [0.05, 0.1) is 4.87 Å². The zero-order chi connectivity index (χ0) is 15.0. The maximum absolute atomic E-state index is 11.7. The van der Waals surface area contributed by atoms with Crippen molar-refractivity contribution in [2.75, 3.05) is 13.6 Å². The summed E-state index contributed by atoms with van der Waals surface area (Å²) in [7, 11) is 1.50. The highest BCUT2D eigenvalue weighted by atomic mass is 16.3. The maximum Gasteiger partial charge on any atom is 0.251 e. The predicted molar refractivity (Wildman–Crippen MR) is 66.6 cm³/mol. The molecule has 0 unspecified atom stereocenters. The number of nitrogens with two attached hydrogens (primary N) is 1. The van der Waals surface area contributed by atoms with Crippen molar-refractivity contribution in [1.82, 2.24) is 5.32 Å². The molecule has 0 aliphatic heterocycles. The summed E-state index contributed by atoms with van der Waals surface area (Å²) in [5, 5.41) is 14.1. The molecule has 0 saturated carbocycles. The zero-order valence-electron chi connectivity index (χ0n) is 10.6. The van der Waals surface area contributed by atoms with Gasteiger partial charge in [-0.2, -0.15) is 0 Å². The van der Waals surface area contributed by atoms with Crippen LogP contribution in [0.1, 0.15) is 20.7 Å². The molecule has 1 rings (SSSR count). The van der Waals surface area contributed by atoms with Crippen LogP contribution in [-0.4, -0.2) is 30.2 Å². The maximum atomic E-state index is 11.7. The summed E-state index contributed by atoms with van der Waals surface area (Å²) < 4.78 is 0. The van der Waals surface area contributed by atoms with E-state index in [0.29, 0.717) is 5.56 Å². The third kappa shape index (κ3) is 4.33. The first-order valence-corrected chi connectivity index (χ1v) is 5.39. The Balaban J connectivity index is 2.68. The van der Waals surface area contributed by atoms with Crippen LogP contribution in [0, 0.1) is 4.91 Å². The number of rotatable bonds is 6. The van der Waals surface area contributed by atoms with Crippen LogP contribution in [-0.2, 0) is 0 Å². The van der Waals surface area contributed by atoms with E-state index in [4.69, 9.17) is 0 Å². The number of ketones is 1. The first-order chi connectivity index (χ1) is 9.58. The monoisotopic (exact) mass is 278 g/mol. The number of nitrogens with zero attached hydrogens (tertiary/aromatic N) is 5. The predicted octanol–water partition coefficient (Wildman–Crippen LogP) is 0.616. The minimum Gasteiger partial charge on any atom is -0.355 e. The quantitative estimate of drug-likeness (QED) is 0.258. The average Bonchev–Trinajstić information content (AvgIpc) is 2.46. The number of benzene rings is 1. The highest BCUT2D eigenvalue weighted by molar-refractivity contribution is 5.99. The Bertz CT molecular complexity index is 565. The molecule has 0 atom stereocenters. The van der Waals surface area contributed by atoms with Gasteiger partial charge >= 0.3 is 0 Å². The number of hydrogen-bond donors (Lipinski definition) is 2. The molecule has 10 nitrogen and oxygen atoms in total. The smallest absolute Gasteiger partial charge is 0.251 e. The normalized spacial score (nSPS) is 10.8. The Morgan fingerprint density at radius 2 is 1.80 bits per heavy atom. The van der Waals surface area contributed by atoms with Gasteiger partial charge < -0.3 is 11.2 Å². The van der Waals surface area contributed by atoms with Crippen LogP contribution in [0.5, 0.6) is 0 Å². The molecule has 0 radical (unpaired) electrons. The van der Waals surface area contributed by atoms with Gasteiger partial charge in [0.25, 0.3) is 5.91 Å². The van der Waals surface area contributed by atoms with Gasteiger partial charge in [-0.1, -0.05) is 12.1 Å². The zero-order valence-corrected chi connectivity index (χ0v) is 10.6. The molecule has 0 aliphatic rings. The molecule has 1 aromatic rings. The number of Topliss-reactive ketones (excluding diaryl/α,β-unsaturated/α-hetero) is 1. The number of carbonyl (C=O) groups is 2. The second-order valence-corrected chi connectivity index (χ2v) is 3.47. The van der Waals surface area contributed by atoms with E-state index in [1.807, 2.05) is 0 Å². The van der Waals surface area contributed by atoms with E-state index >= 15 is 0 Å². The van der Waals surface area contributed by atoms with Gasteiger partial charge in [0.2, 0.25) is 22.8 Å². The van der Waals surface area contributed by atoms with Crippen molar-refractivity contribution in [3.8, 4) is 0 Å². The van der Waals surface area contributed by atoms with Gasteiger partial charge in [-0.25, -0.2) is 0 Å². The van der Waals surface area contributed by atoms with Gasteiger partial charge in [-0.15, -0.1) is 0 Å². The Labute approximate surface area is 113 Å². The minimum atomic E-state index is -0.539. The van der Waals surface area contributed by atoms with E-state index in [1.165, 1.54) is 31.3 Å². The lowest BCUT2D eigenvalue weighted by molar-refractivity contribution is -0.549. The summed E-state index contributed by atoms with van der Waals surface area (Å²) in [6.07, 6.45) is 0. The number of nitroso groups, excluding NO2 is 1. The molecule has 0 heterocycles. The summed E-state index contributed by atoms with van der Waals surface area (Å²) in [4.78, 5) is 34.2. The standard InChI is InChI=1S/C10H11N7O3/c1-12-10(19)8-4-2-7(3-5-8)9(18)6-17(20)16-15-14-13-11/h2-5H,6H2,1H3,(H2-,11,12,14,16,19,20)/p+1. The lowest BCUT2D eigenvalue weighted by Gasteiger charge is -2.00. The molecule has 1 aromatic carbocycles. The fourth-order valence-corrected chi connectivity index (χ4v) is 1.28. The second-order valence-electron chi connectivity index (χ2n) is 3.47. The van der Waals surface area contributed by atoms with Gasteiger partial charge in [-0.3, -0.25) is 9.59 Å². The molecule has 10 heteroatoms. The molecule has 3 N–H and O–H groups in total. The minimum absolute atomic E-state index is 0.0453. The lowest BCUT2D eigenvalue weighted by Crippen LogP contribution is -2.18. The van der Waals surface area contributed by atoms with Crippen molar-refractivity contribution < 1.29 is 14.5 Å². The summed E-state index contributed by atoms with van der Waals surface area (Å²) in [5.74, 6) is 3.89. The molecule has 0 aromatic heterocycles. The molecular weight excluding hydrogens is 266 g/mol. The van der Waals surface area contributed by atoms with Gasteiger partial charge in [0.1, 0.15) is 5.22 Å². The Morgan fingerprint density at radius 1 is 1.20 bits per heavy atom. The lowest BCUT2D eigenvalue weighted by atomic mass is 10.1. The SMILES string of the molecule is CNC(=O)c1ccc(C(=O)C[N+](=O)N=NN=NN)cc1. The van der Waals surface area contributed by atoms with E-state index < -0.39 is 12.3 Å². The summed E-state index contributed by atoms with van der Waals surface area (Å²) in [5.41, 5.74) is 0.681. The first-order valence-electron chi connectivity index (χ1n) is 5.39. The molecule has 0 spiro atoms. The summed E-state index contributed by atoms with van der Waals surface area (Å²) in [6.45, 7) is -0.539. The molecular formula is C10H12N7O3+. The molecule has 0 saturated heterocycles. The van der Waals surface area contributed by atoms with E-state index in [-0.39, 0.29) is 16.3 Å². The molecule has 1 amide bonds. The Kier molecular flexibility index (Phi) is 5.56. The van der Waals surface area contributed by atoms with Crippen molar-refractivity contribution in [2.24, 2.45) is 26.7 Å². The highest BCUT2D eigenvalue weighted by Gasteiger charge is 2.15. The van der Waals surface area contributed by atoms with Gasteiger partial charge in [0.15, 0.2) is 0 Å². The third-order valence-corrected chi connectivity index (χ3v) is 2.21. The number of carbonyl (C=O) groups excluding carboxylic acids is 2. The number of hydrogen-bond acceptors (Lipinski definition) is 4. The molecule has 0 bridgehead atoms. The third-order valence-electron chi connectivity index (χ3n) is 2.21. The Hall–Kier alpha value is -3.04. The fourth-order valence-electron chi connectivity index (χ4n) is 1.28. The largest absolute Gasteiger partial charge is 0.355 e. The molecule has 20 heavy (non-hydrogen) atoms. The van der Waals surface area contributed by atoms with E-state index in [0.717, 1.165) is 0 Å². The van der Waals surface area contributed by atoms with E-state index in [2.05, 4.69) is 32.1 Å². The van der Waals surface area contributed by atoms with Gasteiger partial charge in [0, 0.05) is 18.2 Å². The van der Waals surface area contributed by atoms with Gasteiger partial charge in [-0.05, 0) is 22.3 Å². The van der Waals surface area contributed by atoms with E-state index in [9.17, 15) is 14.5 Å². The Morgan fingerprint density at radius 3 is 2.35 bits per heavy atom. The highest BCUT2D eigenvalue weighted by Crippen LogP contribution is 2.05. The van der Waals surface area contributed by atoms with Crippen LogP contribution in [0.15, 0.2) is 45.2 Å². The van der Waals surface area contributed by atoms with E-state index in [1.54, 1.807) is 0 Å². The topological polar surface area (TPSA) is 142 Å². The van der Waals surface area contributed by atoms with Crippen LogP contribution in [0.2, 0.25) is 0 Å². The van der Waals surface area contributed by atoms with Crippen molar-refractivity contribution >= 4 is 11.7 Å². The second kappa shape index (κ2) is 7.41. The van der Waals surface area contributed by atoms with Crippen LogP contribution in [0.4, 0.5) is 0 Å². The van der Waals surface area contributed by atoms with Crippen LogP contribution >= 0.6 is 0 Å². The first kappa shape index (κ1) is 15.0. The molecule has 0 aliphatic carbocycles. The van der Waals surface area contributed by atoms with Crippen molar-refractivity contribution in [2.45, 2.75) is 0 Å². The molecule has 0 fully saturated rings. The van der Waals surface area contributed by atoms with Crippen molar-refractivity contribution in [3.63, 3.8) is 0 Å². The molecule has 104 valence electrons. The van der Waals surface area contributed by atoms with Crippen LogP contribution in [0.3, 0.4) is 0 Å². The van der Waals surface area contributed by atoms with Crippen LogP contribution < -0.4 is 11.2 Å². The fraction of sp³-hybridized carbons (Fsp3) is 0.200. The summed E-state index contributed by atoms with van der Waals surface area (Å²) in [6, 6.07) is 5.84. The van der Waals surface area contributed by atoms with Crippen LogP contribution in [0.25, 0.3) is 0 Å². The number of nitrogens with one attached hydrogen (secondary N) is 1. The van der Waals surface area contributed by atoms with Crippen molar-refractivity contribution in [3.05, 3.63) is 40.3 Å². The van der Waals surface area contributed by atoms with Crippen molar-refractivity contribution in [1.29, 1.82) is 0 Å².